The lowest BCUT2D eigenvalue weighted by Gasteiger charge is -2.17. The Morgan fingerprint density at radius 1 is 1.32 bits per heavy atom. The number of likely N-dealkylation sites (N-methyl/N-ethyl adjacent to an activating group) is 1. The number of pyridine rings is 1. The minimum absolute atomic E-state index is 0.128. The smallest absolute Gasteiger partial charge is 0.228 e. The van der Waals surface area contributed by atoms with Gasteiger partial charge in [-0.3, -0.25) is 9.78 Å². The Bertz CT molecular complexity index is 535. The Kier molecular flexibility index (Phi) is 4.63. The van der Waals surface area contributed by atoms with Crippen molar-refractivity contribution >= 4 is 17.2 Å². The first kappa shape index (κ1) is 13.7. The molecule has 0 N–H and O–H groups in total. The SMILES string of the molecule is CCN(CC)C(=O)Cc1csc(-c2ccccn2)n1. The van der Waals surface area contributed by atoms with Crippen LogP contribution in [-0.2, 0) is 11.2 Å². The average molecular weight is 275 g/mol. The van der Waals surface area contributed by atoms with Crippen molar-refractivity contribution in [1.82, 2.24) is 14.9 Å². The van der Waals surface area contributed by atoms with Crippen LogP contribution in [0.4, 0.5) is 0 Å². The third-order valence-corrected chi connectivity index (χ3v) is 3.80. The highest BCUT2D eigenvalue weighted by molar-refractivity contribution is 7.13. The summed E-state index contributed by atoms with van der Waals surface area (Å²) >= 11 is 1.53. The molecule has 0 radical (unpaired) electrons. The molecule has 2 aromatic rings. The van der Waals surface area contributed by atoms with E-state index in [1.165, 1.54) is 11.3 Å². The molecule has 2 aromatic heterocycles. The lowest BCUT2D eigenvalue weighted by atomic mass is 10.3. The summed E-state index contributed by atoms with van der Waals surface area (Å²) in [6.45, 7) is 5.46. The summed E-state index contributed by atoms with van der Waals surface area (Å²) in [6.07, 6.45) is 2.11. The summed E-state index contributed by atoms with van der Waals surface area (Å²) in [4.78, 5) is 22.6. The fraction of sp³-hybridized carbons (Fsp3) is 0.357. The summed E-state index contributed by atoms with van der Waals surface area (Å²) in [5.41, 5.74) is 1.68. The van der Waals surface area contributed by atoms with E-state index in [1.54, 1.807) is 6.20 Å². The molecule has 2 rings (SSSR count). The molecule has 0 unspecified atom stereocenters. The highest BCUT2D eigenvalue weighted by atomic mass is 32.1. The molecule has 0 aliphatic heterocycles. The third kappa shape index (κ3) is 3.38. The molecule has 0 bridgehead atoms. The highest BCUT2D eigenvalue weighted by Gasteiger charge is 2.13. The van der Waals surface area contributed by atoms with Crippen molar-refractivity contribution in [3.8, 4) is 10.7 Å². The second-order valence-electron chi connectivity index (χ2n) is 4.10. The Balaban J connectivity index is 2.08. The molecular weight excluding hydrogens is 258 g/mol. The van der Waals surface area contributed by atoms with E-state index in [2.05, 4.69) is 9.97 Å². The fourth-order valence-corrected chi connectivity index (χ4v) is 2.63. The number of hydrogen-bond acceptors (Lipinski definition) is 4. The quantitative estimate of drug-likeness (QED) is 0.842. The second-order valence-corrected chi connectivity index (χ2v) is 4.96. The van der Waals surface area contributed by atoms with Gasteiger partial charge in [0.1, 0.15) is 5.01 Å². The van der Waals surface area contributed by atoms with E-state index in [-0.39, 0.29) is 5.91 Å². The van der Waals surface area contributed by atoms with Crippen LogP contribution in [0, 0.1) is 0 Å². The van der Waals surface area contributed by atoms with Crippen LogP contribution in [0.1, 0.15) is 19.5 Å². The predicted octanol–water partition coefficient (Wildman–Crippen LogP) is 2.62. The summed E-state index contributed by atoms with van der Waals surface area (Å²) in [5, 5.41) is 2.80. The minimum Gasteiger partial charge on any atom is -0.343 e. The fourth-order valence-electron chi connectivity index (χ4n) is 1.84. The maximum atomic E-state index is 12.0. The molecule has 0 atom stereocenters. The number of thiazole rings is 1. The van der Waals surface area contributed by atoms with E-state index >= 15 is 0 Å². The molecule has 0 fully saturated rings. The van der Waals surface area contributed by atoms with Gasteiger partial charge in [-0.15, -0.1) is 11.3 Å². The van der Waals surface area contributed by atoms with Gasteiger partial charge in [-0.1, -0.05) is 6.07 Å². The maximum absolute atomic E-state index is 12.0. The first-order chi connectivity index (χ1) is 9.24. The molecule has 2 heterocycles. The Morgan fingerprint density at radius 3 is 2.74 bits per heavy atom. The summed E-state index contributed by atoms with van der Waals surface area (Å²) in [5.74, 6) is 0.128. The zero-order chi connectivity index (χ0) is 13.7. The van der Waals surface area contributed by atoms with Gasteiger partial charge in [0.15, 0.2) is 0 Å². The molecule has 0 saturated heterocycles. The molecule has 0 aliphatic rings. The standard InChI is InChI=1S/C14H17N3OS/c1-3-17(4-2)13(18)9-11-10-19-14(16-11)12-7-5-6-8-15-12/h5-8,10H,3-4,9H2,1-2H3. The first-order valence-electron chi connectivity index (χ1n) is 6.38. The number of carbonyl (C=O) groups is 1. The van der Waals surface area contributed by atoms with Gasteiger partial charge in [0.05, 0.1) is 17.8 Å². The number of aromatic nitrogens is 2. The van der Waals surface area contributed by atoms with E-state index in [0.29, 0.717) is 6.42 Å². The van der Waals surface area contributed by atoms with Gasteiger partial charge >= 0.3 is 0 Å². The summed E-state index contributed by atoms with van der Waals surface area (Å²) in [6, 6.07) is 5.74. The van der Waals surface area contributed by atoms with Gasteiger partial charge in [0.25, 0.3) is 0 Å². The second kappa shape index (κ2) is 6.43. The normalized spacial score (nSPS) is 10.4. The molecule has 0 aliphatic carbocycles. The van der Waals surface area contributed by atoms with Crippen molar-refractivity contribution in [2.75, 3.05) is 13.1 Å². The van der Waals surface area contributed by atoms with Crippen LogP contribution in [0.25, 0.3) is 10.7 Å². The number of carbonyl (C=O) groups excluding carboxylic acids is 1. The molecule has 0 aromatic carbocycles. The van der Waals surface area contributed by atoms with Gasteiger partial charge in [-0.25, -0.2) is 4.98 Å². The lowest BCUT2D eigenvalue weighted by Crippen LogP contribution is -2.31. The molecule has 0 saturated carbocycles. The first-order valence-corrected chi connectivity index (χ1v) is 7.26. The highest BCUT2D eigenvalue weighted by Crippen LogP contribution is 2.21. The van der Waals surface area contributed by atoms with Crippen molar-refractivity contribution in [3.05, 3.63) is 35.5 Å². The van der Waals surface area contributed by atoms with Gasteiger partial charge in [-0.05, 0) is 26.0 Å². The molecule has 19 heavy (non-hydrogen) atoms. The van der Waals surface area contributed by atoms with Crippen molar-refractivity contribution < 1.29 is 4.79 Å². The zero-order valence-electron chi connectivity index (χ0n) is 11.2. The van der Waals surface area contributed by atoms with Gasteiger partial charge < -0.3 is 4.90 Å². The number of nitrogens with zero attached hydrogens (tertiary/aromatic N) is 3. The van der Waals surface area contributed by atoms with Crippen molar-refractivity contribution in [1.29, 1.82) is 0 Å². The van der Waals surface area contributed by atoms with Crippen molar-refractivity contribution in [3.63, 3.8) is 0 Å². The predicted molar refractivity (Wildman–Crippen MR) is 77.0 cm³/mol. The van der Waals surface area contributed by atoms with Gasteiger partial charge in [0.2, 0.25) is 5.91 Å². The Labute approximate surface area is 117 Å². The largest absolute Gasteiger partial charge is 0.343 e. The molecule has 0 spiro atoms. The number of hydrogen-bond donors (Lipinski definition) is 0. The third-order valence-electron chi connectivity index (χ3n) is 2.88. The zero-order valence-corrected chi connectivity index (χ0v) is 12.0. The van der Waals surface area contributed by atoms with Crippen LogP contribution in [0.2, 0.25) is 0 Å². The van der Waals surface area contributed by atoms with E-state index in [1.807, 2.05) is 42.3 Å². The Morgan fingerprint density at radius 2 is 2.11 bits per heavy atom. The lowest BCUT2D eigenvalue weighted by molar-refractivity contribution is -0.130. The van der Waals surface area contributed by atoms with Crippen molar-refractivity contribution in [2.45, 2.75) is 20.3 Å². The van der Waals surface area contributed by atoms with Crippen LogP contribution in [0.15, 0.2) is 29.8 Å². The van der Waals surface area contributed by atoms with Crippen LogP contribution in [-0.4, -0.2) is 33.9 Å². The Hall–Kier alpha value is -1.75. The molecule has 5 heteroatoms. The topological polar surface area (TPSA) is 46.1 Å². The summed E-state index contributed by atoms with van der Waals surface area (Å²) < 4.78 is 0. The maximum Gasteiger partial charge on any atom is 0.228 e. The molecular formula is C14H17N3OS. The van der Waals surface area contributed by atoms with E-state index in [0.717, 1.165) is 29.5 Å². The van der Waals surface area contributed by atoms with Crippen LogP contribution in [0.3, 0.4) is 0 Å². The van der Waals surface area contributed by atoms with Crippen LogP contribution < -0.4 is 0 Å². The van der Waals surface area contributed by atoms with Crippen molar-refractivity contribution in [2.24, 2.45) is 0 Å². The molecule has 100 valence electrons. The van der Waals surface area contributed by atoms with E-state index in [9.17, 15) is 4.79 Å². The number of amides is 1. The molecule has 4 nitrogen and oxygen atoms in total. The van der Waals surface area contributed by atoms with E-state index < -0.39 is 0 Å². The average Bonchev–Trinajstić information content (AvgIpc) is 2.89. The number of rotatable bonds is 5. The van der Waals surface area contributed by atoms with Gasteiger partial charge in [-0.2, -0.15) is 0 Å². The minimum atomic E-state index is 0.128. The monoisotopic (exact) mass is 275 g/mol. The summed E-state index contributed by atoms with van der Waals surface area (Å²) in [7, 11) is 0. The van der Waals surface area contributed by atoms with Gasteiger partial charge in [0, 0.05) is 24.7 Å². The van der Waals surface area contributed by atoms with E-state index in [4.69, 9.17) is 0 Å². The van der Waals surface area contributed by atoms with Crippen LogP contribution in [0.5, 0.6) is 0 Å². The van der Waals surface area contributed by atoms with Crippen LogP contribution >= 0.6 is 11.3 Å². The molecule has 1 amide bonds.